The number of pyridine rings is 1. The van der Waals surface area contributed by atoms with Gasteiger partial charge in [-0.15, -0.1) is 0 Å². The van der Waals surface area contributed by atoms with Crippen molar-refractivity contribution in [3.63, 3.8) is 0 Å². The number of hydrogen-bond acceptors (Lipinski definition) is 4. The Morgan fingerprint density at radius 2 is 2.21 bits per heavy atom. The van der Waals surface area contributed by atoms with Crippen LogP contribution in [0, 0.1) is 12.8 Å². The molecule has 2 fully saturated rings. The van der Waals surface area contributed by atoms with Crippen LogP contribution in [0.15, 0.2) is 18.3 Å². The predicted octanol–water partition coefficient (Wildman–Crippen LogP) is 2.63. The van der Waals surface area contributed by atoms with Crippen molar-refractivity contribution in [3.8, 4) is 0 Å². The highest BCUT2D eigenvalue weighted by Gasteiger charge is 2.40. The fraction of sp³-hybridized carbons (Fsp3) is 0.684. The topological polar surface area (TPSA) is 45.7 Å². The summed E-state index contributed by atoms with van der Waals surface area (Å²) in [6.45, 7) is 4.49. The number of anilines is 1. The number of nitrogens with zero attached hydrogens (tertiary/aromatic N) is 3. The van der Waals surface area contributed by atoms with Gasteiger partial charge in [-0.3, -0.25) is 4.79 Å². The molecule has 0 spiro atoms. The molecule has 0 N–H and O–H groups in total. The molecule has 0 bridgehead atoms. The van der Waals surface area contributed by atoms with E-state index in [9.17, 15) is 4.79 Å². The fourth-order valence-corrected chi connectivity index (χ4v) is 3.85. The Morgan fingerprint density at radius 3 is 2.79 bits per heavy atom. The maximum atomic E-state index is 12.9. The first-order valence-electron chi connectivity index (χ1n) is 9.01. The molecule has 1 saturated carbocycles. The highest BCUT2D eigenvalue weighted by molar-refractivity contribution is 5.79. The van der Waals surface area contributed by atoms with E-state index in [2.05, 4.69) is 22.0 Å². The molecule has 24 heavy (non-hydrogen) atoms. The Bertz CT molecular complexity index is 563. The minimum atomic E-state index is -0.0999. The number of likely N-dealkylation sites (N-methyl/N-ethyl adjacent to an activating group) is 1. The van der Waals surface area contributed by atoms with E-state index in [1.165, 1.54) is 6.42 Å². The molecule has 1 aliphatic carbocycles. The summed E-state index contributed by atoms with van der Waals surface area (Å²) in [4.78, 5) is 21.5. The molecule has 0 radical (unpaired) electrons. The van der Waals surface area contributed by atoms with Gasteiger partial charge in [-0.25, -0.2) is 4.98 Å². The molecule has 1 aliphatic heterocycles. The van der Waals surface area contributed by atoms with Crippen LogP contribution in [0.5, 0.6) is 0 Å². The third-order valence-electron chi connectivity index (χ3n) is 5.59. The van der Waals surface area contributed by atoms with Crippen molar-refractivity contribution < 1.29 is 9.53 Å². The molecule has 1 aromatic rings. The normalized spacial score (nSPS) is 22.8. The smallest absolute Gasteiger partial charge is 0.227 e. The van der Waals surface area contributed by atoms with Crippen LogP contribution in [0.2, 0.25) is 0 Å². The second-order valence-corrected chi connectivity index (χ2v) is 7.41. The van der Waals surface area contributed by atoms with Gasteiger partial charge in [-0.05, 0) is 50.7 Å². The van der Waals surface area contributed by atoms with Crippen LogP contribution in [-0.4, -0.2) is 55.2 Å². The van der Waals surface area contributed by atoms with E-state index in [1.807, 2.05) is 25.1 Å². The number of ether oxygens (including phenoxy) is 1. The SMILES string of the molecule is COC1(CN(C)C(=O)C2CCCN(c3ccc(C)cn3)C2)CCC1. The second-order valence-electron chi connectivity index (χ2n) is 7.41. The van der Waals surface area contributed by atoms with Gasteiger partial charge in [0.1, 0.15) is 5.82 Å². The summed E-state index contributed by atoms with van der Waals surface area (Å²) in [6, 6.07) is 4.14. The van der Waals surface area contributed by atoms with E-state index in [4.69, 9.17) is 4.74 Å². The molecule has 3 rings (SSSR count). The lowest BCUT2D eigenvalue weighted by Crippen LogP contribution is -2.52. The Morgan fingerprint density at radius 1 is 1.42 bits per heavy atom. The Labute approximate surface area is 145 Å². The minimum Gasteiger partial charge on any atom is -0.376 e. The molecule has 2 heterocycles. The highest BCUT2D eigenvalue weighted by Crippen LogP contribution is 2.36. The first-order chi connectivity index (χ1) is 11.5. The molecule has 1 unspecified atom stereocenters. The average molecular weight is 331 g/mol. The lowest BCUT2D eigenvalue weighted by molar-refractivity contribution is -0.143. The fourth-order valence-electron chi connectivity index (χ4n) is 3.85. The zero-order valence-electron chi connectivity index (χ0n) is 15.1. The standard InChI is InChI=1S/C19H29N3O2/c1-15-7-8-17(20-12-15)22-11-4-6-16(13-22)18(23)21(2)14-19(24-3)9-5-10-19/h7-8,12,16H,4-6,9-11,13-14H2,1-3H3. The molecule has 2 aliphatic rings. The van der Waals surface area contributed by atoms with Gasteiger partial charge in [-0.1, -0.05) is 6.07 Å². The number of carbonyl (C=O) groups is 1. The van der Waals surface area contributed by atoms with Gasteiger partial charge in [0.25, 0.3) is 0 Å². The van der Waals surface area contributed by atoms with Crippen molar-refractivity contribution in [2.75, 3.05) is 38.7 Å². The highest BCUT2D eigenvalue weighted by atomic mass is 16.5. The summed E-state index contributed by atoms with van der Waals surface area (Å²) < 4.78 is 5.67. The molecule has 1 aromatic heterocycles. The molecule has 5 nitrogen and oxygen atoms in total. The summed E-state index contributed by atoms with van der Waals surface area (Å²) in [7, 11) is 3.69. The van der Waals surface area contributed by atoms with Crippen molar-refractivity contribution in [1.29, 1.82) is 0 Å². The van der Waals surface area contributed by atoms with E-state index in [0.717, 1.165) is 50.2 Å². The van der Waals surface area contributed by atoms with Crippen molar-refractivity contribution in [3.05, 3.63) is 23.9 Å². The molecule has 1 saturated heterocycles. The Kier molecular flexibility index (Phi) is 5.09. The maximum absolute atomic E-state index is 12.9. The molecule has 1 amide bonds. The van der Waals surface area contributed by atoms with Gasteiger partial charge in [0.2, 0.25) is 5.91 Å². The van der Waals surface area contributed by atoms with E-state index >= 15 is 0 Å². The Hall–Kier alpha value is -1.62. The van der Waals surface area contributed by atoms with Crippen LogP contribution in [0.25, 0.3) is 0 Å². The first kappa shape index (κ1) is 17.2. The number of rotatable bonds is 5. The quantitative estimate of drug-likeness (QED) is 0.832. The van der Waals surface area contributed by atoms with Gasteiger partial charge in [0.05, 0.1) is 11.5 Å². The largest absolute Gasteiger partial charge is 0.376 e. The molecular formula is C19H29N3O2. The molecule has 1 atom stereocenters. The van der Waals surface area contributed by atoms with Gasteiger partial charge < -0.3 is 14.5 Å². The third-order valence-corrected chi connectivity index (χ3v) is 5.59. The van der Waals surface area contributed by atoms with Gasteiger partial charge >= 0.3 is 0 Å². The van der Waals surface area contributed by atoms with Crippen LogP contribution < -0.4 is 4.90 Å². The van der Waals surface area contributed by atoms with Crippen molar-refractivity contribution in [1.82, 2.24) is 9.88 Å². The van der Waals surface area contributed by atoms with Gasteiger partial charge in [-0.2, -0.15) is 0 Å². The number of piperidine rings is 1. The van der Waals surface area contributed by atoms with Crippen molar-refractivity contribution in [2.45, 2.75) is 44.6 Å². The van der Waals surface area contributed by atoms with Crippen LogP contribution in [0.1, 0.15) is 37.7 Å². The lowest BCUT2D eigenvalue weighted by Gasteiger charge is -2.44. The zero-order chi connectivity index (χ0) is 17.2. The van der Waals surface area contributed by atoms with E-state index < -0.39 is 0 Å². The summed E-state index contributed by atoms with van der Waals surface area (Å²) >= 11 is 0. The minimum absolute atomic E-state index is 0.0563. The van der Waals surface area contributed by atoms with E-state index in [-0.39, 0.29) is 17.4 Å². The predicted molar refractivity (Wildman–Crippen MR) is 95.1 cm³/mol. The molecule has 5 heteroatoms. The van der Waals surface area contributed by atoms with Crippen LogP contribution in [0.3, 0.4) is 0 Å². The summed E-state index contributed by atoms with van der Waals surface area (Å²) in [5, 5.41) is 0. The number of hydrogen-bond donors (Lipinski definition) is 0. The Balaban J connectivity index is 1.61. The van der Waals surface area contributed by atoms with E-state index in [0.29, 0.717) is 6.54 Å². The van der Waals surface area contributed by atoms with Gasteiger partial charge in [0, 0.05) is 40.0 Å². The summed E-state index contributed by atoms with van der Waals surface area (Å²) in [5.41, 5.74) is 1.06. The monoisotopic (exact) mass is 331 g/mol. The zero-order valence-corrected chi connectivity index (χ0v) is 15.1. The van der Waals surface area contributed by atoms with Crippen LogP contribution >= 0.6 is 0 Å². The third kappa shape index (κ3) is 3.56. The average Bonchev–Trinajstić information content (AvgIpc) is 2.58. The van der Waals surface area contributed by atoms with Gasteiger partial charge in [0.15, 0.2) is 0 Å². The second kappa shape index (κ2) is 7.09. The lowest BCUT2D eigenvalue weighted by atomic mass is 9.79. The number of aryl methyl sites for hydroxylation is 1. The van der Waals surface area contributed by atoms with E-state index in [1.54, 1.807) is 7.11 Å². The molecular weight excluding hydrogens is 302 g/mol. The van der Waals surface area contributed by atoms with Crippen LogP contribution in [-0.2, 0) is 9.53 Å². The number of methoxy groups -OCH3 is 1. The van der Waals surface area contributed by atoms with Crippen LogP contribution in [0.4, 0.5) is 5.82 Å². The number of aromatic nitrogens is 1. The maximum Gasteiger partial charge on any atom is 0.227 e. The van der Waals surface area contributed by atoms with Crippen molar-refractivity contribution in [2.24, 2.45) is 5.92 Å². The first-order valence-corrected chi connectivity index (χ1v) is 9.01. The molecule has 0 aromatic carbocycles. The number of amides is 1. The number of carbonyl (C=O) groups excluding carboxylic acids is 1. The molecule has 132 valence electrons. The summed E-state index contributed by atoms with van der Waals surface area (Å²) in [5.74, 6) is 1.28. The summed E-state index contributed by atoms with van der Waals surface area (Å²) in [6.07, 6.45) is 7.22. The van der Waals surface area contributed by atoms with Crippen molar-refractivity contribution >= 4 is 11.7 Å².